The number of rotatable bonds is 4. The molecule has 2 N–H and O–H groups in total. The largest absolute Gasteiger partial charge is 0.392 e. The van der Waals surface area contributed by atoms with Gasteiger partial charge >= 0.3 is 0 Å². The van der Waals surface area contributed by atoms with E-state index in [1.807, 2.05) is 0 Å². The Morgan fingerprint density at radius 1 is 1.05 bits per heavy atom. The van der Waals surface area contributed by atoms with Crippen molar-refractivity contribution >= 4 is 50.5 Å². The van der Waals surface area contributed by atoms with Crippen LogP contribution in [0.4, 0.5) is 5.69 Å². The van der Waals surface area contributed by atoms with Crippen molar-refractivity contribution in [3.05, 3.63) is 57.0 Å². The van der Waals surface area contributed by atoms with Gasteiger partial charge in [-0.25, -0.2) is 8.42 Å². The Morgan fingerprint density at radius 3 is 2.24 bits per heavy atom. The van der Waals surface area contributed by atoms with Crippen LogP contribution in [0.3, 0.4) is 0 Å². The van der Waals surface area contributed by atoms with Gasteiger partial charge in [-0.2, -0.15) is 0 Å². The van der Waals surface area contributed by atoms with Gasteiger partial charge in [0, 0.05) is 5.02 Å². The summed E-state index contributed by atoms with van der Waals surface area (Å²) in [6.45, 7) is -0.258. The molecule has 0 aliphatic rings. The van der Waals surface area contributed by atoms with Crippen LogP contribution < -0.4 is 4.72 Å². The number of anilines is 1. The molecule has 2 aromatic carbocycles. The molecule has 0 aliphatic heterocycles. The van der Waals surface area contributed by atoms with E-state index in [9.17, 15) is 8.42 Å². The molecule has 0 aliphatic carbocycles. The maximum Gasteiger partial charge on any atom is 0.261 e. The summed E-state index contributed by atoms with van der Waals surface area (Å²) in [5.41, 5.74) is 0.531. The molecule has 0 bridgehead atoms. The molecule has 2 aromatic rings. The lowest BCUT2D eigenvalue weighted by molar-refractivity contribution is 0.281. The van der Waals surface area contributed by atoms with Gasteiger partial charge in [0.25, 0.3) is 10.0 Å². The minimum Gasteiger partial charge on any atom is -0.392 e. The molecule has 0 unspecified atom stereocenters. The van der Waals surface area contributed by atoms with Gasteiger partial charge in [-0.05, 0) is 29.8 Å². The summed E-state index contributed by atoms with van der Waals surface area (Å²) in [7, 11) is -3.88. The number of sulfonamides is 1. The lowest BCUT2D eigenvalue weighted by atomic mass is 10.2. The van der Waals surface area contributed by atoms with Gasteiger partial charge in [0.1, 0.15) is 0 Å². The van der Waals surface area contributed by atoms with E-state index in [4.69, 9.17) is 39.9 Å². The molecular formula is C13H10Cl3NO3S. The zero-order chi connectivity index (χ0) is 15.6. The van der Waals surface area contributed by atoms with Gasteiger partial charge in [0.05, 0.1) is 27.2 Å². The number of aliphatic hydroxyl groups is 1. The topological polar surface area (TPSA) is 66.4 Å². The molecule has 21 heavy (non-hydrogen) atoms. The molecule has 0 saturated heterocycles. The van der Waals surface area contributed by atoms with Crippen molar-refractivity contribution < 1.29 is 13.5 Å². The predicted molar refractivity (Wildman–Crippen MR) is 84.6 cm³/mol. The fourth-order valence-electron chi connectivity index (χ4n) is 1.64. The maximum atomic E-state index is 12.3. The molecule has 0 fully saturated rings. The number of nitrogens with one attached hydrogen (secondary N) is 1. The first-order valence-electron chi connectivity index (χ1n) is 5.70. The molecule has 4 nitrogen and oxygen atoms in total. The van der Waals surface area contributed by atoms with E-state index < -0.39 is 10.0 Å². The van der Waals surface area contributed by atoms with Crippen molar-refractivity contribution in [2.24, 2.45) is 0 Å². The summed E-state index contributed by atoms with van der Waals surface area (Å²) in [5, 5.41) is 9.55. The van der Waals surface area contributed by atoms with Crippen LogP contribution in [0.15, 0.2) is 41.3 Å². The summed E-state index contributed by atoms with van der Waals surface area (Å²) >= 11 is 17.7. The molecule has 0 aromatic heterocycles. The Hall–Kier alpha value is -0.980. The zero-order valence-corrected chi connectivity index (χ0v) is 13.6. The molecule has 0 heterocycles. The summed E-state index contributed by atoms with van der Waals surface area (Å²) in [5.74, 6) is 0. The highest BCUT2D eigenvalue weighted by Crippen LogP contribution is 2.35. The van der Waals surface area contributed by atoms with Crippen LogP contribution in [0.5, 0.6) is 0 Å². The number of halogens is 3. The minimum absolute atomic E-state index is 0.00358. The summed E-state index contributed by atoms with van der Waals surface area (Å²) in [4.78, 5) is -0.00358. The molecule has 0 saturated carbocycles. The second kappa shape index (κ2) is 6.42. The van der Waals surface area contributed by atoms with Crippen molar-refractivity contribution in [3.63, 3.8) is 0 Å². The van der Waals surface area contributed by atoms with Crippen molar-refractivity contribution in [1.82, 2.24) is 0 Å². The third-order valence-corrected chi connectivity index (χ3v) is 4.80. The van der Waals surface area contributed by atoms with E-state index in [-0.39, 0.29) is 27.2 Å². The second-order valence-electron chi connectivity index (χ2n) is 4.16. The van der Waals surface area contributed by atoms with Gasteiger partial charge in [-0.15, -0.1) is 0 Å². The van der Waals surface area contributed by atoms with Crippen LogP contribution >= 0.6 is 34.8 Å². The Bertz CT molecular complexity index is 755. The zero-order valence-electron chi connectivity index (χ0n) is 10.5. The number of aliphatic hydroxyl groups excluding tert-OH is 1. The minimum atomic E-state index is -3.88. The first kappa shape index (κ1) is 16.4. The Kier molecular flexibility index (Phi) is 5.01. The molecule has 8 heteroatoms. The molecule has 0 spiro atoms. The van der Waals surface area contributed by atoms with E-state index in [0.717, 1.165) is 0 Å². The third kappa shape index (κ3) is 3.81. The van der Waals surface area contributed by atoms with Gasteiger partial charge < -0.3 is 5.11 Å². The van der Waals surface area contributed by atoms with Crippen molar-refractivity contribution in [2.45, 2.75) is 11.5 Å². The number of benzene rings is 2. The van der Waals surface area contributed by atoms with E-state index in [0.29, 0.717) is 10.6 Å². The molecular weight excluding hydrogens is 357 g/mol. The van der Waals surface area contributed by atoms with E-state index in [1.165, 1.54) is 30.3 Å². The first-order chi connectivity index (χ1) is 9.83. The third-order valence-electron chi connectivity index (χ3n) is 2.63. The highest BCUT2D eigenvalue weighted by atomic mass is 35.5. The van der Waals surface area contributed by atoms with E-state index in [1.54, 1.807) is 6.07 Å². The Labute approximate surface area is 137 Å². The lowest BCUT2D eigenvalue weighted by Gasteiger charge is -2.12. The van der Waals surface area contributed by atoms with Crippen molar-refractivity contribution in [2.75, 3.05) is 4.72 Å². The van der Waals surface area contributed by atoms with Crippen LogP contribution in [0.25, 0.3) is 0 Å². The van der Waals surface area contributed by atoms with Gasteiger partial charge in [0.2, 0.25) is 0 Å². The molecule has 0 radical (unpaired) electrons. The lowest BCUT2D eigenvalue weighted by Crippen LogP contribution is -2.14. The highest BCUT2D eigenvalue weighted by Gasteiger charge is 2.18. The Balaban J connectivity index is 2.42. The standard InChI is InChI=1S/C13H10Cl3NO3S/c14-9-5-11(15)13(12(16)6-9)17-21(19,20)10-3-1-2-8(4-10)7-18/h1-6,17-18H,7H2. The van der Waals surface area contributed by atoms with Gasteiger partial charge in [-0.3, -0.25) is 4.72 Å². The van der Waals surface area contributed by atoms with Gasteiger partial charge in [0.15, 0.2) is 0 Å². The summed E-state index contributed by atoms with van der Waals surface area (Å²) in [6.07, 6.45) is 0. The van der Waals surface area contributed by atoms with E-state index in [2.05, 4.69) is 4.72 Å². The SMILES string of the molecule is O=S(=O)(Nc1c(Cl)cc(Cl)cc1Cl)c1cccc(CO)c1. The normalized spacial score (nSPS) is 11.4. The maximum absolute atomic E-state index is 12.3. The van der Waals surface area contributed by atoms with Crippen molar-refractivity contribution in [1.29, 1.82) is 0 Å². The Morgan fingerprint density at radius 2 is 1.67 bits per heavy atom. The fourth-order valence-corrected chi connectivity index (χ4v) is 3.84. The van der Waals surface area contributed by atoms with Crippen molar-refractivity contribution in [3.8, 4) is 0 Å². The van der Waals surface area contributed by atoms with Crippen LogP contribution in [-0.4, -0.2) is 13.5 Å². The van der Waals surface area contributed by atoms with Crippen LogP contribution in [0.1, 0.15) is 5.56 Å². The second-order valence-corrected chi connectivity index (χ2v) is 7.09. The van der Waals surface area contributed by atoms with Gasteiger partial charge in [-0.1, -0.05) is 46.9 Å². The average molecular weight is 367 g/mol. The van der Waals surface area contributed by atoms with E-state index >= 15 is 0 Å². The molecule has 112 valence electrons. The van der Waals surface area contributed by atoms with Crippen LogP contribution in [0.2, 0.25) is 15.1 Å². The highest BCUT2D eigenvalue weighted by molar-refractivity contribution is 7.92. The molecule has 0 amide bonds. The summed E-state index contributed by atoms with van der Waals surface area (Å²) in [6, 6.07) is 8.68. The quantitative estimate of drug-likeness (QED) is 0.861. The molecule has 2 rings (SSSR count). The van der Waals surface area contributed by atoms with Crippen LogP contribution in [-0.2, 0) is 16.6 Å². The average Bonchev–Trinajstić information content (AvgIpc) is 2.43. The monoisotopic (exact) mass is 365 g/mol. The smallest absolute Gasteiger partial charge is 0.261 e. The fraction of sp³-hybridized carbons (Fsp3) is 0.0769. The number of hydrogen-bond acceptors (Lipinski definition) is 3. The first-order valence-corrected chi connectivity index (χ1v) is 8.32. The predicted octanol–water partition coefficient (Wildman–Crippen LogP) is 3.94. The summed E-state index contributed by atoms with van der Waals surface area (Å²) < 4.78 is 26.9. The van der Waals surface area contributed by atoms with Crippen LogP contribution in [0, 0.1) is 0 Å². The molecule has 0 atom stereocenters. The number of hydrogen-bond donors (Lipinski definition) is 2.